The predicted molar refractivity (Wildman–Crippen MR) is 102 cm³/mol. The number of carbonyl (C=O) groups is 1. The lowest BCUT2D eigenvalue weighted by molar-refractivity contribution is 0.0746. The Hall–Kier alpha value is -3.28. The number of amides is 1. The topological polar surface area (TPSA) is 49.3 Å². The number of piperazine rings is 1. The van der Waals surface area contributed by atoms with E-state index in [9.17, 15) is 9.18 Å². The van der Waals surface area contributed by atoms with Crippen LogP contribution in [0.1, 0.15) is 10.4 Å². The molecule has 27 heavy (non-hydrogen) atoms. The largest absolute Gasteiger partial charge is 0.353 e. The van der Waals surface area contributed by atoms with Crippen LogP contribution in [0.3, 0.4) is 0 Å². The first-order valence-corrected chi connectivity index (χ1v) is 8.87. The van der Waals surface area contributed by atoms with Crippen LogP contribution in [0.4, 0.5) is 10.2 Å². The summed E-state index contributed by atoms with van der Waals surface area (Å²) in [5.41, 5.74) is 1.91. The van der Waals surface area contributed by atoms with Gasteiger partial charge < -0.3 is 9.80 Å². The van der Waals surface area contributed by atoms with Gasteiger partial charge in [0.15, 0.2) is 0 Å². The Balaban J connectivity index is 1.41. The van der Waals surface area contributed by atoms with Gasteiger partial charge in [-0.1, -0.05) is 18.2 Å². The first-order chi connectivity index (χ1) is 13.2. The lowest BCUT2D eigenvalue weighted by Crippen LogP contribution is -2.49. The molecule has 4 rings (SSSR count). The van der Waals surface area contributed by atoms with E-state index in [1.807, 2.05) is 23.1 Å². The second-order valence-electron chi connectivity index (χ2n) is 6.41. The maximum atomic E-state index is 13.9. The molecule has 1 amide bonds. The maximum absolute atomic E-state index is 13.9. The zero-order valence-electron chi connectivity index (χ0n) is 14.8. The molecule has 1 aliphatic rings. The van der Waals surface area contributed by atoms with Crippen LogP contribution in [0, 0.1) is 5.82 Å². The second-order valence-corrected chi connectivity index (χ2v) is 6.41. The number of nitrogens with zero attached hydrogens (tertiary/aromatic N) is 4. The summed E-state index contributed by atoms with van der Waals surface area (Å²) in [6.45, 7) is 2.67. The van der Waals surface area contributed by atoms with Gasteiger partial charge in [0.05, 0.1) is 5.56 Å². The lowest BCUT2D eigenvalue weighted by atomic mass is 10.1. The molecule has 0 aliphatic carbocycles. The van der Waals surface area contributed by atoms with E-state index < -0.39 is 0 Å². The summed E-state index contributed by atoms with van der Waals surface area (Å²) in [5.74, 6) is 0.587. The molecule has 5 nitrogen and oxygen atoms in total. The number of halogens is 1. The zero-order chi connectivity index (χ0) is 18.6. The Morgan fingerprint density at radius 3 is 2.41 bits per heavy atom. The predicted octanol–water partition coefficient (Wildman–Crippen LogP) is 3.25. The van der Waals surface area contributed by atoms with Crippen molar-refractivity contribution in [1.82, 2.24) is 14.9 Å². The van der Waals surface area contributed by atoms with Crippen LogP contribution in [0.25, 0.3) is 11.1 Å². The molecule has 6 heteroatoms. The summed E-state index contributed by atoms with van der Waals surface area (Å²) < 4.78 is 13.9. The van der Waals surface area contributed by atoms with Gasteiger partial charge in [-0.2, -0.15) is 0 Å². The van der Waals surface area contributed by atoms with Crippen molar-refractivity contribution in [2.45, 2.75) is 0 Å². The van der Waals surface area contributed by atoms with Gasteiger partial charge in [0.25, 0.3) is 5.91 Å². The third-order valence-corrected chi connectivity index (χ3v) is 4.73. The van der Waals surface area contributed by atoms with Crippen LogP contribution in [-0.2, 0) is 0 Å². The van der Waals surface area contributed by atoms with E-state index >= 15 is 0 Å². The minimum Gasteiger partial charge on any atom is -0.353 e. The van der Waals surface area contributed by atoms with Crippen LogP contribution in [0.2, 0.25) is 0 Å². The molecule has 0 unspecified atom stereocenters. The number of benzene rings is 1. The standard InChI is InChI=1S/C21H19FN4O/c22-19-6-2-1-5-18(19)16-7-8-20(24-15-16)25-10-12-26(13-11-25)21(27)17-4-3-9-23-14-17/h1-9,14-15H,10-13H2. The summed E-state index contributed by atoms with van der Waals surface area (Å²) in [6, 6.07) is 14.0. The van der Waals surface area contributed by atoms with Crippen LogP contribution in [0.5, 0.6) is 0 Å². The van der Waals surface area contributed by atoms with Gasteiger partial charge in [-0.3, -0.25) is 9.78 Å². The van der Waals surface area contributed by atoms with Crippen molar-refractivity contribution in [1.29, 1.82) is 0 Å². The summed E-state index contributed by atoms with van der Waals surface area (Å²) in [5, 5.41) is 0. The molecule has 0 saturated carbocycles. The number of pyridine rings is 2. The molecule has 136 valence electrons. The average molecular weight is 362 g/mol. The van der Waals surface area contributed by atoms with E-state index in [0.717, 1.165) is 11.4 Å². The second kappa shape index (κ2) is 7.53. The van der Waals surface area contributed by atoms with E-state index in [2.05, 4.69) is 14.9 Å². The molecular weight excluding hydrogens is 343 g/mol. The van der Waals surface area contributed by atoms with Crippen molar-refractivity contribution in [3.63, 3.8) is 0 Å². The summed E-state index contributed by atoms with van der Waals surface area (Å²) >= 11 is 0. The van der Waals surface area contributed by atoms with Crippen LogP contribution >= 0.6 is 0 Å². The zero-order valence-corrected chi connectivity index (χ0v) is 14.8. The molecule has 1 aromatic carbocycles. The quantitative estimate of drug-likeness (QED) is 0.718. The molecule has 3 aromatic rings. The molecule has 0 N–H and O–H groups in total. The molecule has 0 spiro atoms. The number of hydrogen-bond acceptors (Lipinski definition) is 4. The fourth-order valence-corrected chi connectivity index (χ4v) is 3.24. The van der Waals surface area contributed by atoms with Crippen molar-refractivity contribution < 1.29 is 9.18 Å². The third-order valence-electron chi connectivity index (χ3n) is 4.73. The Kier molecular flexibility index (Phi) is 4.78. The molecule has 1 aliphatic heterocycles. The summed E-state index contributed by atoms with van der Waals surface area (Å²) in [6.07, 6.45) is 4.95. The number of carbonyl (C=O) groups excluding carboxylic acids is 1. The Morgan fingerprint density at radius 2 is 1.74 bits per heavy atom. The van der Waals surface area contributed by atoms with Gasteiger partial charge in [-0.25, -0.2) is 9.37 Å². The molecule has 0 bridgehead atoms. The number of anilines is 1. The lowest BCUT2D eigenvalue weighted by Gasteiger charge is -2.35. The van der Waals surface area contributed by atoms with Gasteiger partial charge in [-0.05, 0) is 30.3 Å². The third kappa shape index (κ3) is 3.65. The van der Waals surface area contributed by atoms with Gasteiger partial charge in [0, 0.05) is 55.9 Å². The van der Waals surface area contributed by atoms with E-state index in [4.69, 9.17) is 0 Å². The molecule has 2 aromatic heterocycles. The summed E-state index contributed by atoms with van der Waals surface area (Å²) in [4.78, 5) is 25.0. The van der Waals surface area contributed by atoms with E-state index in [1.54, 1.807) is 42.9 Å². The highest BCUT2D eigenvalue weighted by Crippen LogP contribution is 2.24. The fraction of sp³-hybridized carbons (Fsp3) is 0.190. The number of aromatic nitrogens is 2. The first-order valence-electron chi connectivity index (χ1n) is 8.87. The van der Waals surface area contributed by atoms with Crippen molar-refractivity contribution in [3.8, 4) is 11.1 Å². The van der Waals surface area contributed by atoms with Crippen molar-refractivity contribution in [3.05, 3.63) is 78.5 Å². The van der Waals surface area contributed by atoms with Gasteiger partial charge >= 0.3 is 0 Å². The van der Waals surface area contributed by atoms with E-state index in [1.165, 1.54) is 6.07 Å². The summed E-state index contributed by atoms with van der Waals surface area (Å²) in [7, 11) is 0. The van der Waals surface area contributed by atoms with Crippen LogP contribution in [0.15, 0.2) is 67.1 Å². The fourth-order valence-electron chi connectivity index (χ4n) is 3.24. The van der Waals surface area contributed by atoms with Gasteiger partial charge in [0.1, 0.15) is 11.6 Å². The number of hydrogen-bond donors (Lipinski definition) is 0. The highest BCUT2D eigenvalue weighted by atomic mass is 19.1. The SMILES string of the molecule is O=C(c1cccnc1)N1CCN(c2ccc(-c3ccccc3F)cn2)CC1. The minimum absolute atomic E-state index is 0.00519. The van der Waals surface area contributed by atoms with Crippen molar-refractivity contribution in [2.75, 3.05) is 31.1 Å². The molecule has 0 atom stereocenters. The average Bonchev–Trinajstić information content (AvgIpc) is 2.74. The highest BCUT2D eigenvalue weighted by molar-refractivity contribution is 5.94. The Morgan fingerprint density at radius 1 is 0.926 bits per heavy atom. The molecule has 1 saturated heterocycles. The van der Waals surface area contributed by atoms with E-state index in [0.29, 0.717) is 37.3 Å². The van der Waals surface area contributed by atoms with E-state index in [-0.39, 0.29) is 11.7 Å². The van der Waals surface area contributed by atoms with Crippen LogP contribution < -0.4 is 4.90 Å². The highest BCUT2D eigenvalue weighted by Gasteiger charge is 2.23. The van der Waals surface area contributed by atoms with Crippen LogP contribution in [-0.4, -0.2) is 47.0 Å². The molecular formula is C21H19FN4O. The Bertz CT molecular complexity index is 922. The first kappa shape index (κ1) is 17.1. The monoisotopic (exact) mass is 362 g/mol. The molecule has 3 heterocycles. The normalized spacial score (nSPS) is 14.3. The van der Waals surface area contributed by atoms with Gasteiger partial charge in [-0.15, -0.1) is 0 Å². The smallest absolute Gasteiger partial charge is 0.255 e. The van der Waals surface area contributed by atoms with Gasteiger partial charge in [0.2, 0.25) is 0 Å². The van der Waals surface area contributed by atoms with Crippen molar-refractivity contribution in [2.24, 2.45) is 0 Å². The number of rotatable bonds is 3. The minimum atomic E-state index is -0.255. The maximum Gasteiger partial charge on any atom is 0.255 e. The Labute approximate surface area is 157 Å². The molecule has 0 radical (unpaired) electrons. The molecule has 1 fully saturated rings. The van der Waals surface area contributed by atoms with Crippen molar-refractivity contribution >= 4 is 11.7 Å².